The zero-order chi connectivity index (χ0) is 20.0. The number of aromatic nitrogens is 3. The van der Waals surface area contributed by atoms with Crippen molar-refractivity contribution in [2.24, 2.45) is 4.99 Å². The van der Waals surface area contributed by atoms with Crippen LogP contribution in [-0.4, -0.2) is 67.7 Å². The van der Waals surface area contributed by atoms with Crippen molar-refractivity contribution in [3.05, 3.63) is 42.5 Å². The molecule has 0 aliphatic heterocycles. The van der Waals surface area contributed by atoms with Crippen LogP contribution in [-0.2, 0) is 17.7 Å². The SMILES string of the molecule is CCc1nncn1CCNC(=NCCCN(C)c1ccccc1)NCCOC.I. The molecule has 0 radical (unpaired) electrons. The van der Waals surface area contributed by atoms with Gasteiger partial charge in [0.1, 0.15) is 12.2 Å². The van der Waals surface area contributed by atoms with Crippen LogP contribution in [0.25, 0.3) is 0 Å². The number of benzene rings is 1. The molecule has 2 N–H and O–H groups in total. The Balaban J connectivity index is 0.00000420. The van der Waals surface area contributed by atoms with Crippen molar-refractivity contribution in [3.63, 3.8) is 0 Å². The standard InChI is InChI=1S/C20H33N7O.HI/c1-4-19-25-24-17-27(19)15-12-22-20(23-13-16-28-3)21-11-8-14-26(2)18-9-6-5-7-10-18;/h5-7,9-10,17H,4,8,11-16H2,1-3H3,(H2,21,22,23);1H. The van der Waals surface area contributed by atoms with E-state index in [0.29, 0.717) is 6.61 Å². The average molecular weight is 515 g/mol. The molecule has 0 fully saturated rings. The van der Waals surface area contributed by atoms with Crippen molar-refractivity contribution in [1.82, 2.24) is 25.4 Å². The summed E-state index contributed by atoms with van der Waals surface area (Å²) in [4.78, 5) is 6.94. The third-order valence-corrected chi connectivity index (χ3v) is 4.37. The molecule has 0 spiro atoms. The van der Waals surface area contributed by atoms with E-state index in [1.807, 2.05) is 6.07 Å². The lowest BCUT2D eigenvalue weighted by molar-refractivity contribution is 0.203. The first-order valence-electron chi connectivity index (χ1n) is 9.88. The second-order valence-electron chi connectivity index (χ2n) is 6.48. The van der Waals surface area contributed by atoms with E-state index in [1.54, 1.807) is 13.4 Å². The molecule has 0 saturated heterocycles. The lowest BCUT2D eigenvalue weighted by atomic mass is 10.3. The van der Waals surface area contributed by atoms with Gasteiger partial charge in [-0.25, -0.2) is 0 Å². The predicted octanol–water partition coefficient (Wildman–Crippen LogP) is 2.17. The van der Waals surface area contributed by atoms with Crippen LogP contribution in [0.5, 0.6) is 0 Å². The third-order valence-electron chi connectivity index (χ3n) is 4.37. The first-order valence-corrected chi connectivity index (χ1v) is 9.88. The molecule has 0 saturated carbocycles. The number of nitrogens with zero attached hydrogens (tertiary/aromatic N) is 5. The maximum atomic E-state index is 5.12. The number of methoxy groups -OCH3 is 1. The van der Waals surface area contributed by atoms with E-state index in [9.17, 15) is 0 Å². The van der Waals surface area contributed by atoms with E-state index in [4.69, 9.17) is 9.73 Å². The highest BCUT2D eigenvalue weighted by atomic mass is 127. The van der Waals surface area contributed by atoms with Gasteiger partial charge in [0, 0.05) is 59.0 Å². The second kappa shape index (κ2) is 15.0. The zero-order valence-electron chi connectivity index (χ0n) is 17.7. The van der Waals surface area contributed by atoms with Gasteiger partial charge in [-0.3, -0.25) is 4.99 Å². The number of halogens is 1. The Morgan fingerprint density at radius 1 is 1.21 bits per heavy atom. The monoisotopic (exact) mass is 515 g/mol. The van der Waals surface area contributed by atoms with Gasteiger partial charge in [0.25, 0.3) is 0 Å². The minimum Gasteiger partial charge on any atom is -0.383 e. The summed E-state index contributed by atoms with van der Waals surface area (Å²) in [5, 5.41) is 14.8. The minimum absolute atomic E-state index is 0. The van der Waals surface area contributed by atoms with E-state index in [0.717, 1.165) is 57.3 Å². The molecular formula is C20H34IN7O. The molecule has 1 heterocycles. The maximum absolute atomic E-state index is 5.12. The number of aryl methyl sites for hydroxylation is 1. The molecule has 0 bridgehead atoms. The molecule has 0 atom stereocenters. The fraction of sp³-hybridized carbons (Fsp3) is 0.550. The van der Waals surface area contributed by atoms with Gasteiger partial charge in [-0.05, 0) is 18.6 Å². The summed E-state index contributed by atoms with van der Waals surface area (Å²) in [7, 11) is 3.81. The Kier molecular flexibility index (Phi) is 13.0. The molecule has 2 aromatic rings. The van der Waals surface area contributed by atoms with Gasteiger partial charge in [-0.2, -0.15) is 0 Å². The minimum atomic E-state index is 0. The molecule has 29 heavy (non-hydrogen) atoms. The van der Waals surface area contributed by atoms with Crippen molar-refractivity contribution in [3.8, 4) is 0 Å². The van der Waals surface area contributed by atoms with Gasteiger partial charge in [0.15, 0.2) is 5.96 Å². The lowest BCUT2D eigenvalue weighted by Crippen LogP contribution is -2.40. The van der Waals surface area contributed by atoms with Crippen molar-refractivity contribution < 1.29 is 4.74 Å². The molecule has 9 heteroatoms. The van der Waals surface area contributed by atoms with Crippen molar-refractivity contribution >= 4 is 35.6 Å². The van der Waals surface area contributed by atoms with Gasteiger partial charge < -0.3 is 24.8 Å². The van der Waals surface area contributed by atoms with Crippen LogP contribution in [0.1, 0.15) is 19.2 Å². The average Bonchev–Trinajstić information content (AvgIpc) is 3.19. The van der Waals surface area contributed by atoms with Gasteiger partial charge in [0.2, 0.25) is 0 Å². The Morgan fingerprint density at radius 3 is 2.69 bits per heavy atom. The third kappa shape index (κ3) is 9.44. The Morgan fingerprint density at radius 2 is 1.97 bits per heavy atom. The van der Waals surface area contributed by atoms with E-state index in [-0.39, 0.29) is 24.0 Å². The number of guanidine groups is 1. The highest BCUT2D eigenvalue weighted by Gasteiger charge is 2.03. The molecule has 0 aliphatic rings. The van der Waals surface area contributed by atoms with Crippen LogP contribution in [0.4, 0.5) is 5.69 Å². The van der Waals surface area contributed by atoms with Crippen LogP contribution in [0.2, 0.25) is 0 Å². The Bertz CT molecular complexity index is 693. The van der Waals surface area contributed by atoms with Crippen molar-refractivity contribution in [2.75, 3.05) is 51.8 Å². The number of nitrogens with one attached hydrogen (secondary N) is 2. The second-order valence-corrected chi connectivity index (χ2v) is 6.48. The van der Waals surface area contributed by atoms with Crippen molar-refractivity contribution in [2.45, 2.75) is 26.3 Å². The summed E-state index contributed by atoms with van der Waals surface area (Å²) >= 11 is 0. The molecule has 0 aliphatic carbocycles. The fourth-order valence-electron chi connectivity index (χ4n) is 2.79. The van der Waals surface area contributed by atoms with Crippen molar-refractivity contribution in [1.29, 1.82) is 0 Å². The molecular weight excluding hydrogens is 481 g/mol. The first-order chi connectivity index (χ1) is 13.7. The maximum Gasteiger partial charge on any atom is 0.191 e. The van der Waals surface area contributed by atoms with E-state index in [2.05, 4.69) is 68.5 Å². The van der Waals surface area contributed by atoms with Gasteiger partial charge >= 0.3 is 0 Å². The normalized spacial score (nSPS) is 11.1. The highest BCUT2D eigenvalue weighted by Crippen LogP contribution is 2.10. The van der Waals surface area contributed by atoms with Crippen LogP contribution in [0.3, 0.4) is 0 Å². The summed E-state index contributed by atoms with van der Waals surface area (Å²) in [6.45, 7) is 6.72. The van der Waals surface area contributed by atoms with Crippen LogP contribution >= 0.6 is 24.0 Å². The summed E-state index contributed by atoms with van der Waals surface area (Å²) in [6, 6.07) is 10.4. The lowest BCUT2D eigenvalue weighted by Gasteiger charge is -2.18. The van der Waals surface area contributed by atoms with Gasteiger partial charge in [0.05, 0.1) is 6.61 Å². The summed E-state index contributed by atoms with van der Waals surface area (Å²) in [5.74, 6) is 1.81. The van der Waals surface area contributed by atoms with Gasteiger partial charge in [-0.15, -0.1) is 34.2 Å². The molecule has 0 unspecified atom stereocenters. The highest BCUT2D eigenvalue weighted by molar-refractivity contribution is 14.0. The number of aliphatic imine (C=N–C) groups is 1. The summed E-state index contributed by atoms with van der Waals surface area (Å²) < 4.78 is 7.18. The molecule has 2 rings (SSSR count). The molecule has 1 aromatic heterocycles. The number of hydrogen-bond donors (Lipinski definition) is 2. The smallest absolute Gasteiger partial charge is 0.191 e. The summed E-state index contributed by atoms with van der Waals surface area (Å²) in [5.41, 5.74) is 1.23. The van der Waals surface area contributed by atoms with Crippen LogP contribution in [0.15, 0.2) is 41.7 Å². The van der Waals surface area contributed by atoms with E-state index >= 15 is 0 Å². The van der Waals surface area contributed by atoms with Crippen LogP contribution in [0, 0.1) is 0 Å². The molecule has 0 amide bonds. The molecule has 8 nitrogen and oxygen atoms in total. The molecule has 1 aromatic carbocycles. The zero-order valence-corrected chi connectivity index (χ0v) is 20.0. The Labute approximate surface area is 191 Å². The van der Waals surface area contributed by atoms with Gasteiger partial charge in [-0.1, -0.05) is 25.1 Å². The topological polar surface area (TPSA) is 79.6 Å². The first kappa shape index (κ1) is 25.2. The quantitative estimate of drug-likeness (QED) is 0.195. The number of anilines is 1. The van der Waals surface area contributed by atoms with E-state index in [1.165, 1.54) is 5.69 Å². The summed E-state index contributed by atoms with van der Waals surface area (Å²) in [6.07, 6.45) is 3.63. The van der Waals surface area contributed by atoms with Crippen LogP contribution < -0.4 is 15.5 Å². The predicted molar refractivity (Wildman–Crippen MR) is 129 cm³/mol. The fourth-order valence-corrected chi connectivity index (χ4v) is 2.79. The van der Waals surface area contributed by atoms with E-state index < -0.39 is 0 Å². The largest absolute Gasteiger partial charge is 0.383 e. The Hall–Kier alpha value is -1.88. The number of ether oxygens (including phenoxy) is 1. The number of para-hydroxylation sites is 1. The molecule has 162 valence electrons. The number of hydrogen-bond acceptors (Lipinski definition) is 5. The number of rotatable bonds is 12.